The van der Waals surface area contributed by atoms with Crippen molar-refractivity contribution in [2.75, 3.05) is 12.0 Å². The summed E-state index contributed by atoms with van der Waals surface area (Å²) in [6.45, 7) is 0.351. The number of hydrogen-bond donors (Lipinski definition) is 2. The Labute approximate surface area is 133 Å². The Morgan fingerprint density at radius 3 is 2.77 bits per heavy atom. The molecule has 0 aliphatic heterocycles. The van der Waals surface area contributed by atoms with E-state index in [1.165, 1.54) is 0 Å². The van der Waals surface area contributed by atoms with Gasteiger partial charge in [-0.15, -0.1) is 0 Å². The highest BCUT2D eigenvalue weighted by molar-refractivity contribution is 7.98. The topological polar surface area (TPSA) is 71.7 Å². The molecule has 5 nitrogen and oxygen atoms in total. The highest BCUT2D eigenvalue weighted by atomic mass is 32.2. The molecule has 0 fully saturated rings. The van der Waals surface area contributed by atoms with Crippen molar-refractivity contribution >= 4 is 17.7 Å². The summed E-state index contributed by atoms with van der Waals surface area (Å²) in [7, 11) is 0. The number of furan rings is 1. The van der Waals surface area contributed by atoms with E-state index in [0.717, 1.165) is 5.75 Å². The molecule has 1 heterocycles. The fraction of sp³-hybridized carbons (Fsp3) is 0.312. The number of carboxylic acid groups (broad SMARTS) is 1. The van der Waals surface area contributed by atoms with E-state index in [-0.39, 0.29) is 0 Å². The first-order valence-corrected chi connectivity index (χ1v) is 8.35. The van der Waals surface area contributed by atoms with E-state index < -0.39 is 12.0 Å². The Bertz CT molecular complexity index is 585. The van der Waals surface area contributed by atoms with Crippen molar-refractivity contribution in [3.8, 4) is 11.7 Å². The molecule has 1 aromatic carbocycles. The molecule has 1 aromatic heterocycles. The number of nitrogens with one attached hydrogen (secondary N) is 1. The predicted molar refractivity (Wildman–Crippen MR) is 86.5 cm³/mol. The van der Waals surface area contributed by atoms with Crippen LogP contribution in [0.5, 0.6) is 11.7 Å². The minimum absolute atomic E-state index is 0.351. The molecule has 0 unspecified atom stereocenters. The fourth-order valence-corrected chi connectivity index (χ4v) is 2.36. The van der Waals surface area contributed by atoms with Crippen molar-refractivity contribution in [2.24, 2.45) is 0 Å². The molecule has 2 rings (SSSR count). The van der Waals surface area contributed by atoms with Gasteiger partial charge in [-0.2, -0.15) is 11.8 Å². The zero-order valence-electron chi connectivity index (χ0n) is 12.3. The number of thioether (sulfide) groups is 1. The largest absolute Gasteiger partial charge is 0.480 e. The highest BCUT2D eigenvalue weighted by Crippen LogP contribution is 2.23. The number of hydrogen-bond acceptors (Lipinski definition) is 5. The summed E-state index contributed by atoms with van der Waals surface area (Å²) < 4.78 is 11.1. The normalized spacial score (nSPS) is 12.0. The zero-order chi connectivity index (χ0) is 15.8. The van der Waals surface area contributed by atoms with Crippen LogP contribution in [0.15, 0.2) is 46.9 Å². The van der Waals surface area contributed by atoms with Gasteiger partial charge in [0.25, 0.3) is 5.95 Å². The second-order valence-electron chi connectivity index (χ2n) is 4.69. The molecule has 0 radical (unpaired) electrons. The molecule has 0 saturated carbocycles. The van der Waals surface area contributed by atoms with Crippen LogP contribution in [-0.2, 0) is 11.3 Å². The molecule has 2 N–H and O–H groups in total. The molecule has 0 bridgehead atoms. The Hall–Kier alpha value is -1.92. The minimum atomic E-state index is -0.846. The summed E-state index contributed by atoms with van der Waals surface area (Å²) in [6, 6.07) is 12.3. The van der Waals surface area contributed by atoms with Crippen LogP contribution in [0, 0.1) is 0 Å². The lowest BCUT2D eigenvalue weighted by atomic mass is 10.2. The van der Waals surface area contributed by atoms with Gasteiger partial charge in [0.1, 0.15) is 17.6 Å². The molecule has 118 valence electrons. The van der Waals surface area contributed by atoms with Crippen LogP contribution in [0.1, 0.15) is 12.2 Å². The van der Waals surface area contributed by atoms with E-state index in [2.05, 4.69) is 5.32 Å². The number of carboxylic acids is 1. The first kappa shape index (κ1) is 16.5. The van der Waals surface area contributed by atoms with Crippen molar-refractivity contribution in [2.45, 2.75) is 19.0 Å². The molecule has 2 aromatic rings. The van der Waals surface area contributed by atoms with E-state index in [0.29, 0.717) is 30.4 Å². The van der Waals surface area contributed by atoms with Gasteiger partial charge in [-0.05, 0) is 36.6 Å². The maximum atomic E-state index is 11.1. The number of rotatable bonds is 9. The zero-order valence-corrected chi connectivity index (χ0v) is 13.1. The maximum absolute atomic E-state index is 11.1. The second kappa shape index (κ2) is 8.51. The van der Waals surface area contributed by atoms with Gasteiger partial charge in [0, 0.05) is 6.07 Å². The maximum Gasteiger partial charge on any atom is 0.320 e. The first-order valence-electron chi connectivity index (χ1n) is 6.96. The number of benzene rings is 1. The average molecular weight is 321 g/mol. The molecular weight excluding hydrogens is 302 g/mol. The van der Waals surface area contributed by atoms with Crippen molar-refractivity contribution in [3.05, 3.63) is 48.2 Å². The Kier molecular flexibility index (Phi) is 6.36. The second-order valence-corrected chi connectivity index (χ2v) is 5.67. The van der Waals surface area contributed by atoms with Crippen LogP contribution >= 0.6 is 11.8 Å². The highest BCUT2D eigenvalue weighted by Gasteiger charge is 2.16. The molecule has 0 saturated heterocycles. The standard InChI is InChI=1S/C16H19NO4S/c1-22-10-9-14(16(18)19)17-11-13-7-8-15(21-13)20-12-5-3-2-4-6-12/h2-8,14,17H,9-11H2,1H3,(H,18,19)/t14-/m0/s1. The summed E-state index contributed by atoms with van der Waals surface area (Å²) in [4.78, 5) is 11.1. The number of carbonyl (C=O) groups is 1. The fourth-order valence-electron chi connectivity index (χ4n) is 1.89. The van der Waals surface area contributed by atoms with E-state index in [9.17, 15) is 4.79 Å². The van der Waals surface area contributed by atoms with Gasteiger partial charge in [0.05, 0.1) is 6.54 Å². The first-order chi connectivity index (χ1) is 10.7. The SMILES string of the molecule is CSCC[C@H](NCc1ccc(Oc2ccccc2)o1)C(=O)O. The van der Waals surface area contributed by atoms with Crippen molar-refractivity contribution < 1.29 is 19.1 Å². The lowest BCUT2D eigenvalue weighted by Gasteiger charge is -2.12. The third-order valence-electron chi connectivity index (χ3n) is 3.03. The van der Waals surface area contributed by atoms with Crippen LogP contribution in [-0.4, -0.2) is 29.1 Å². The van der Waals surface area contributed by atoms with Gasteiger partial charge in [-0.3, -0.25) is 10.1 Å². The van der Waals surface area contributed by atoms with Crippen LogP contribution in [0.3, 0.4) is 0 Å². The summed E-state index contributed by atoms with van der Waals surface area (Å²) in [5.74, 6) is 1.67. The third-order valence-corrected chi connectivity index (χ3v) is 3.67. The monoisotopic (exact) mass is 321 g/mol. The van der Waals surface area contributed by atoms with E-state index in [1.807, 2.05) is 36.6 Å². The average Bonchev–Trinajstić information content (AvgIpc) is 2.95. The molecule has 0 spiro atoms. The Balaban J connectivity index is 1.87. The van der Waals surface area contributed by atoms with Crippen LogP contribution in [0.4, 0.5) is 0 Å². The van der Waals surface area contributed by atoms with Gasteiger partial charge in [-0.25, -0.2) is 0 Å². The molecule has 0 amide bonds. The third kappa shape index (κ3) is 5.13. The number of ether oxygens (including phenoxy) is 1. The van der Waals surface area contributed by atoms with Crippen LogP contribution < -0.4 is 10.1 Å². The number of para-hydroxylation sites is 1. The summed E-state index contributed by atoms with van der Waals surface area (Å²) in [5.41, 5.74) is 0. The van der Waals surface area contributed by atoms with Crippen molar-refractivity contribution in [1.29, 1.82) is 0 Å². The summed E-state index contributed by atoms with van der Waals surface area (Å²) in [5, 5.41) is 12.1. The van der Waals surface area contributed by atoms with E-state index in [1.54, 1.807) is 23.9 Å². The van der Waals surface area contributed by atoms with Crippen molar-refractivity contribution in [3.63, 3.8) is 0 Å². The van der Waals surface area contributed by atoms with E-state index in [4.69, 9.17) is 14.3 Å². The minimum Gasteiger partial charge on any atom is -0.480 e. The molecule has 0 aliphatic carbocycles. The molecule has 1 atom stereocenters. The van der Waals surface area contributed by atoms with Gasteiger partial charge < -0.3 is 14.3 Å². The predicted octanol–water partition coefficient (Wildman–Crippen LogP) is 3.37. The molecular formula is C16H19NO4S. The Morgan fingerprint density at radius 1 is 1.32 bits per heavy atom. The summed E-state index contributed by atoms with van der Waals surface area (Å²) in [6.07, 6.45) is 2.53. The van der Waals surface area contributed by atoms with Crippen LogP contribution in [0.2, 0.25) is 0 Å². The lowest BCUT2D eigenvalue weighted by Crippen LogP contribution is -2.36. The van der Waals surface area contributed by atoms with Gasteiger partial charge in [0.2, 0.25) is 0 Å². The van der Waals surface area contributed by atoms with Gasteiger partial charge >= 0.3 is 5.97 Å². The van der Waals surface area contributed by atoms with E-state index >= 15 is 0 Å². The molecule has 6 heteroatoms. The Morgan fingerprint density at radius 2 is 2.09 bits per heavy atom. The molecule has 22 heavy (non-hydrogen) atoms. The number of aliphatic carboxylic acids is 1. The van der Waals surface area contributed by atoms with Gasteiger partial charge in [0.15, 0.2) is 0 Å². The van der Waals surface area contributed by atoms with Gasteiger partial charge in [-0.1, -0.05) is 18.2 Å². The summed E-state index contributed by atoms with van der Waals surface area (Å²) >= 11 is 1.63. The quantitative estimate of drug-likeness (QED) is 0.738. The van der Waals surface area contributed by atoms with Crippen LogP contribution in [0.25, 0.3) is 0 Å². The van der Waals surface area contributed by atoms with Crippen molar-refractivity contribution in [1.82, 2.24) is 5.32 Å². The molecule has 0 aliphatic rings. The smallest absolute Gasteiger partial charge is 0.320 e. The lowest BCUT2D eigenvalue weighted by molar-refractivity contribution is -0.139.